The van der Waals surface area contributed by atoms with Gasteiger partial charge in [-0.25, -0.2) is 4.79 Å². The fraction of sp³-hybridized carbons (Fsp3) is 0.520. The molecule has 1 aromatic carbocycles. The number of hydrogen-bond acceptors (Lipinski definition) is 4. The Kier molecular flexibility index (Phi) is 6.63. The van der Waals surface area contributed by atoms with Gasteiger partial charge in [-0.05, 0) is 63.8 Å². The second kappa shape index (κ2) is 9.48. The van der Waals surface area contributed by atoms with Crippen LogP contribution in [0.2, 0.25) is 0 Å². The molecule has 0 radical (unpaired) electrons. The molecule has 0 spiro atoms. The van der Waals surface area contributed by atoms with Crippen molar-refractivity contribution in [3.63, 3.8) is 0 Å². The molecule has 1 aliphatic rings. The Hall–Kier alpha value is -3.36. The molecule has 0 bridgehead atoms. The zero-order chi connectivity index (χ0) is 24.6. The lowest BCUT2D eigenvalue weighted by Crippen LogP contribution is -2.41. The highest BCUT2D eigenvalue weighted by Crippen LogP contribution is 2.23. The van der Waals surface area contributed by atoms with E-state index in [1.54, 1.807) is 35.4 Å². The van der Waals surface area contributed by atoms with Crippen LogP contribution in [0.25, 0.3) is 11.0 Å². The summed E-state index contributed by atoms with van der Waals surface area (Å²) in [6, 6.07) is 7.43. The Morgan fingerprint density at radius 2 is 1.76 bits per heavy atom. The average molecular weight is 467 g/mol. The van der Waals surface area contributed by atoms with Crippen LogP contribution in [-0.4, -0.2) is 54.8 Å². The molecule has 3 heterocycles. The largest absolute Gasteiger partial charge is 0.352 e. The van der Waals surface area contributed by atoms with E-state index in [9.17, 15) is 14.4 Å². The molecule has 3 aromatic rings. The van der Waals surface area contributed by atoms with Gasteiger partial charge in [0.25, 0.3) is 5.91 Å². The van der Waals surface area contributed by atoms with E-state index >= 15 is 0 Å². The van der Waals surface area contributed by atoms with Crippen molar-refractivity contribution >= 4 is 22.8 Å². The van der Waals surface area contributed by atoms with Crippen LogP contribution in [0.15, 0.2) is 29.1 Å². The Balaban J connectivity index is 1.29. The zero-order valence-electron chi connectivity index (χ0n) is 20.7. The number of rotatable bonds is 6. The summed E-state index contributed by atoms with van der Waals surface area (Å²) in [6.07, 6.45) is 2.08. The number of aryl methyl sites for hydroxylation is 4. The Labute approximate surface area is 199 Å². The van der Waals surface area contributed by atoms with Crippen LogP contribution in [0.4, 0.5) is 0 Å². The molecule has 1 atom stereocenters. The van der Waals surface area contributed by atoms with Crippen LogP contribution in [-0.2, 0) is 25.4 Å². The molecule has 182 valence electrons. The van der Waals surface area contributed by atoms with Gasteiger partial charge >= 0.3 is 5.69 Å². The van der Waals surface area contributed by atoms with Crippen LogP contribution in [0.3, 0.4) is 0 Å². The van der Waals surface area contributed by atoms with E-state index in [0.717, 1.165) is 35.3 Å². The quantitative estimate of drug-likeness (QED) is 0.602. The van der Waals surface area contributed by atoms with Gasteiger partial charge in [0.05, 0.1) is 23.3 Å². The van der Waals surface area contributed by atoms with Crippen molar-refractivity contribution in [3.05, 3.63) is 51.7 Å². The fourth-order valence-corrected chi connectivity index (χ4v) is 4.92. The Morgan fingerprint density at radius 1 is 1.09 bits per heavy atom. The number of imidazole rings is 1. The highest BCUT2D eigenvalue weighted by molar-refractivity contribution is 5.97. The second-order valence-corrected chi connectivity index (χ2v) is 9.62. The summed E-state index contributed by atoms with van der Waals surface area (Å²) in [5.41, 5.74) is 4.10. The topological polar surface area (TPSA) is 94.2 Å². The van der Waals surface area contributed by atoms with Crippen LogP contribution in [0.1, 0.15) is 47.9 Å². The summed E-state index contributed by atoms with van der Waals surface area (Å²) in [4.78, 5) is 39.7. The van der Waals surface area contributed by atoms with Gasteiger partial charge in [-0.15, -0.1) is 0 Å². The number of hydrogen-bond donors (Lipinski definition) is 1. The molecule has 9 heteroatoms. The fourth-order valence-electron chi connectivity index (χ4n) is 4.92. The van der Waals surface area contributed by atoms with Gasteiger partial charge in [0.1, 0.15) is 0 Å². The molecular weight excluding hydrogens is 432 g/mol. The number of benzene rings is 1. The van der Waals surface area contributed by atoms with Crippen molar-refractivity contribution in [2.75, 3.05) is 13.1 Å². The van der Waals surface area contributed by atoms with Crippen molar-refractivity contribution in [1.82, 2.24) is 29.1 Å². The SMILES string of the molecule is Cc1cc(C)n(CC(C)NC(=O)CC2CCN(C(=O)c3ccc4c(c3)n(C)c(=O)n4C)CC2)n1. The van der Waals surface area contributed by atoms with Gasteiger partial charge in [0.2, 0.25) is 5.91 Å². The van der Waals surface area contributed by atoms with Gasteiger partial charge in [0, 0.05) is 50.9 Å². The third-order valence-corrected chi connectivity index (χ3v) is 6.85. The maximum atomic E-state index is 13.1. The smallest absolute Gasteiger partial charge is 0.328 e. The maximum absolute atomic E-state index is 13.1. The zero-order valence-corrected chi connectivity index (χ0v) is 20.7. The second-order valence-electron chi connectivity index (χ2n) is 9.62. The first-order chi connectivity index (χ1) is 16.1. The Bertz CT molecular complexity index is 1280. The van der Waals surface area contributed by atoms with E-state index in [1.165, 1.54) is 0 Å². The van der Waals surface area contributed by atoms with E-state index in [2.05, 4.69) is 10.4 Å². The Morgan fingerprint density at radius 3 is 2.41 bits per heavy atom. The van der Waals surface area contributed by atoms with Crippen LogP contribution in [0.5, 0.6) is 0 Å². The molecular formula is C25H34N6O3. The molecule has 0 aliphatic carbocycles. The van der Waals surface area contributed by atoms with E-state index in [-0.39, 0.29) is 29.5 Å². The van der Waals surface area contributed by atoms with Crippen LogP contribution in [0, 0.1) is 19.8 Å². The molecule has 1 unspecified atom stereocenters. The predicted octanol–water partition coefficient (Wildman–Crippen LogP) is 2.14. The highest BCUT2D eigenvalue weighted by Gasteiger charge is 2.26. The first-order valence-corrected chi connectivity index (χ1v) is 11.9. The van der Waals surface area contributed by atoms with Gasteiger partial charge in [-0.2, -0.15) is 5.10 Å². The van der Waals surface area contributed by atoms with Crippen LogP contribution >= 0.6 is 0 Å². The molecule has 1 saturated heterocycles. The minimum Gasteiger partial charge on any atom is -0.352 e. The molecule has 1 fully saturated rings. The average Bonchev–Trinajstić information content (AvgIpc) is 3.23. The van der Waals surface area contributed by atoms with Gasteiger partial charge in [-0.3, -0.25) is 23.4 Å². The number of nitrogens with zero attached hydrogens (tertiary/aromatic N) is 5. The summed E-state index contributed by atoms with van der Waals surface area (Å²) in [5, 5.41) is 7.55. The molecule has 34 heavy (non-hydrogen) atoms. The standard InChI is InChI=1S/C25H34N6O3/c1-16-12-18(3)31(27-16)15-17(2)26-23(32)13-19-8-10-30(11-9-19)24(33)20-6-7-21-22(14-20)29(5)25(34)28(21)4/h6-7,12,14,17,19H,8-11,13,15H2,1-5H3,(H,26,32). The van der Waals surface area contributed by atoms with Gasteiger partial charge < -0.3 is 10.2 Å². The first-order valence-electron chi connectivity index (χ1n) is 11.9. The lowest BCUT2D eigenvalue weighted by Gasteiger charge is -2.32. The number of carbonyl (C=O) groups is 2. The lowest BCUT2D eigenvalue weighted by molar-refractivity contribution is -0.123. The molecule has 0 saturated carbocycles. The molecule has 4 rings (SSSR count). The number of amides is 2. The number of carbonyl (C=O) groups excluding carboxylic acids is 2. The minimum atomic E-state index is -0.108. The monoisotopic (exact) mass is 466 g/mol. The third-order valence-electron chi connectivity index (χ3n) is 6.85. The lowest BCUT2D eigenvalue weighted by atomic mass is 9.92. The molecule has 9 nitrogen and oxygen atoms in total. The number of fused-ring (bicyclic) bond motifs is 1. The third kappa shape index (κ3) is 4.78. The molecule has 2 aromatic heterocycles. The molecule has 1 N–H and O–H groups in total. The van der Waals surface area contributed by atoms with E-state index < -0.39 is 0 Å². The van der Waals surface area contributed by atoms with Crippen molar-refractivity contribution in [3.8, 4) is 0 Å². The predicted molar refractivity (Wildman–Crippen MR) is 131 cm³/mol. The number of piperidine rings is 1. The van der Waals surface area contributed by atoms with Crippen molar-refractivity contribution in [2.24, 2.45) is 20.0 Å². The van der Waals surface area contributed by atoms with Crippen molar-refractivity contribution < 1.29 is 9.59 Å². The highest BCUT2D eigenvalue weighted by atomic mass is 16.2. The summed E-state index contributed by atoms with van der Waals surface area (Å²) in [6.45, 7) is 7.88. The number of aromatic nitrogens is 4. The maximum Gasteiger partial charge on any atom is 0.328 e. The van der Waals surface area contributed by atoms with Gasteiger partial charge in [0.15, 0.2) is 0 Å². The summed E-state index contributed by atoms with van der Waals surface area (Å²) in [5.74, 6) is 0.288. The van der Waals surface area contributed by atoms with Crippen molar-refractivity contribution in [1.29, 1.82) is 0 Å². The summed E-state index contributed by atoms with van der Waals surface area (Å²) >= 11 is 0. The van der Waals surface area contributed by atoms with Crippen LogP contribution < -0.4 is 11.0 Å². The van der Waals surface area contributed by atoms with Gasteiger partial charge in [-0.1, -0.05) is 0 Å². The first kappa shape index (κ1) is 23.8. The summed E-state index contributed by atoms with van der Waals surface area (Å²) in [7, 11) is 3.45. The minimum absolute atomic E-state index is 0.00367. The normalized spacial score (nSPS) is 15.6. The van der Waals surface area contributed by atoms with E-state index in [0.29, 0.717) is 31.6 Å². The molecule has 2 amide bonds. The number of nitrogens with one attached hydrogen (secondary N) is 1. The van der Waals surface area contributed by atoms with E-state index in [4.69, 9.17) is 0 Å². The van der Waals surface area contributed by atoms with E-state index in [1.807, 2.05) is 42.5 Å². The van der Waals surface area contributed by atoms with Crippen molar-refractivity contribution in [2.45, 2.75) is 52.6 Å². The number of likely N-dealkylation sites (tertiary alicyclic amines) is 1. The summed E-state index contributed by atoms with van der Waals surface area (Å²) < 4.78 is 5.07. The molecule has 1 aliphatic heterocycles.